The van der Waals surface area contributed by atoms with Crippen LogP contribution in [-0.2, 0) is 20.7 Å². The van der Waals surface area contributed by atoms with Gasteiger partial charge in [0.25, 0.3) is 0 Å². The number of thioether (sulfide) groups is 1. The number of carbonyl (C=O) groups excluding carboxylic acids is 2. The van der Waals surface area contributed by atoms with E-state index in [1.165, 1.54) is 17.8 Å². The van der Waals surface area contributed by atoms with Gasteiger partial charge in [0.05, 0.1) is 11.9 Å². The summed E-state index contributed by atoms with van der Waals surface area (Å²) in [5.41, 5.74) is 0.927. The predicted octanol–water partition coefficient (Wildman–Crippen LogP) is 3.15. The van der Waals surface area contributed by atoms with E-state index in [0.717, 1.165) is 17.7 Å². The van der Waals surface area contributed by atoms with Crippen molar-refractivity contribution < 1.29 is 19.1 Å². The van der Waals surface area contributed by atoms with E-state index in [1.54, 1.807) is 0 Å². The summed E-state index contributed by atoms with van der Waals surface area (Å²) in [6, 6.07) is 7.52. The van der Waals surface area contributed by atoms with Crippen molar-refractivity contribution in [1.82, 2.24) is 0 Å². The van der Waals surface area contributed by atoms with Crippen molar-refractivity contribution in [2.45, 2.75) is 31.9 Å². The molecule has 0 amide bonds. The van der Waals surface area contributed by atoms with Gasteiger partial charge in [0.2, 0.25) is 5.12 Å². The lowest BCUT2D eigenvalue weighted by molar-refractivity contribution is -0.121. The van der Waals surface area contributed by atoms with Crippen LogP contribution in [0.2, 0.25) is 0 Å². The van der Waals surface area contributed by atoms with E-state index < -0.39 is 0 Å². The fourth-order valence-corrected chi connectivity index (χ4v) is 2.81. The molecule has 1 unspecified atom stereocenters. The third-order valence-corrected chi connectivity index (χ3v) is 4.09. The Morgan fingerprint density at radius 2 is 1.95 bits per heavy atom. The number of Topliss-reactive ketones (excluding diaryl/α,β-unsaturated/α-hetero) is 1. The molecule has 1 heterocycles. The maximum atomic E-state index is 11.9. The number of hydrogen-bond donors (Lipinski definition) is 0. The molecule has 0 radical (unpaired) electrons. The first kappa shape index (κ1) is 16.6. The molecule has 2 rings (SSSR count). The maximum Gasteiger partial charge on any atom is 0.216 e. The van der Waals surface area contributed by atoms with Crippen molar-refractivity contribution in [3.05, 3.63) is 41.7 Å². The van der Waals surface area contributed by atoms with Crippen LogP contribution in [0.25, 0.3) is 0 Å². The highest BCUT2D eigenvalue weighted by molar-refractivity contribution is 8.15. The zero-order valence-corrected chi connectivity index (χ0v) is 13.7. The number of benzene rings is 1. The van der Waals surface area contributed by atoms with Crippen LogP contribution < -0.4 is 4.74 Å². The van der Waals surface area contributed by atoms with Gasteiger partial charge in [-0.25, -0.2) is 0 Å². The standard InChI is InChI=1S/C17H20O4S/c1-3-8-20-15-6-4-13(5-7-15)9-14(18)11-21-16-10-17(19)22-12(16)2/h4-7,10,12H,3,8-9,11H2,1-2H3. The minimum Gasteiger partial charge on any atom is -0.494 e. The summed E-state index contributed by atoms with van der Waals surface area (Å²) >= 11 is 1.21. The molecule has 0 saturated heterocycles. The van der Waals surface area contributed by atoms with E-state index in [2.05, 4.69) is 6.92 Å². The average Bonchev–Trinajstić information content (AvgIpc) is 2.82. The summed E-state index contributed by atoms with van der Waals surface area (Å²) in [4.78, 5) is 23.2. The quantitative estimate of drug-likeness (QED) is 0.736. The molecule has 0 spiro atoms. The maximum absolute atomic E-state index is 11.9. The summed E-state index contributed by atoms with van der Waals surface area (Å²) in [5, 5.41) is -0.0204. The largest absolute Gasteiger partial charge is 0.494 e. The second-order valence-electron chi connectivity index (χ2n) is 5.12. The van der Waals surface area contributed by atoms with E-state index in [4.69, 9.17) is 9.47 Å². The molecule has 1 aromatic rings. The summed E-state index contributed by atoms with van der Waals surface area (Å²) in [7, 11) is 0. The number of rotatable bonds is 8. The molecular formula is C17H20O4S. The zero-order valence-electron chi connectivity index (χ0n) is 12.8. The fraction of sp³-hybridized carbons (Fsp3) is 0.412. The predicted molar refractivity (Wildman–Crippen MR) is 87.0 cm³/mol. The summed E-state index contributed by atoms with van der Waals surface area (Å²) < 4.78 is 10.9. The Morgan fingerprint density at radius 1 is 1.23 bits per heavy atom. The third-order valence-electron chi connectivity index (χ3n) is 3.15. The fourth-order valence-electron chi connectivity index (χ4n) is 2.02. The van der Waals surface area contributed by atoms with Gasteiger partial charge in [-0.3, -0.25) is 9.59 Å². The van der Waals surface area contributed by atoms with Crippen LogP contribution in [0, 0.1) is 0 Å². The minimum atomic E-state index is -0.0161. The van der Waals surface area contributed by atoms with Gasteiger partial charge in [-0.05, 0) is 31.0 Å². The number of ether oxygens (including phenoxy) is 2. The van der Waals surface area contributed by atoms with Crippen LogP contribution in [0.15, 0.2) is 36.1 Å². The molecule has 1 aromatic carbocycles. The Bertz CT molecular complexity index is 563. The Kier molecular flexibility index (Phi) is 6.07. The Labute approximate surface area is 134 Å². The first-order chi connectivity index (χ1) is 10.6. The van der Waals surface area contributed by atoms with Crippen molar-refractivity contribution in [2.24, 2.45) is 0 Å². The lowest BCUT2D eigenvalue weighted by Gasteiger charge is -2.10. The number of carbonyl (C=O) groups is 2. The van der Waals surface area contributed by atoms with Crippen LogP contribution >= 0.6 is 11.8 Å². The highest BCUT2D eigenvalue weighted by Crippen LogP contribution is 2.28. The van der Waals surface area contributed by atoms with Crippen molar-refractivity contribution in [2.75, 3.05) is 13.2 Å². The van der Waals surface area contributed by atoms with E-state index in [0.29, 0.717) is 18.8 Å². The Hall–Kier alpha value is -1.75. The molecule has 0 aliphatic carbocycles. The molecule has 0 saturated carbocycles. The highest BCUT2D eigenvalue weighted by atomic mass is 32.2. The Morgan fingerprint density at radius 3 is 2.55 bits per heavy atom. The summed E-state index contributed by atoms with van der Waals surface area (Å²) in [6.45, 7) is 4.63. The molecule has 0 fully saturated rings. The first-order valence-electron chi connectivity index (χ1n) is 7.37. The molecular weight excluding hydrogens is 300 g/mol. The molecule has 1 atom stereocenters. The van der Waals surface area contributed by atoms with E-state index in [1.807, 2.05) is 31.2 Å². The first-order valence-corrected chi connectivity index (χ1v) is 8.25. The average molecular weight is 320 g/mol. The second kappa shape index (κ2) is 8.03. The minimum absolute atomic E-state index is 0.00189. The van der Waals surface area contributed by atoms with Crippen LogP contribution in [0.5, 0.6) is 5.75 Å². The lowest BCUT2D eigenvalue weighted by atomic mass is 10.1. The van der Waals surface area contributed by atoms with Crippen molar-refractivity contribution in [3.63, 3.8) is 0 Å². The second-order valence-corrected chi connectivity index (χ2v) is 6.47. The molecule has 4 nitrogen and oxygen atoms in total. The van der Waals surface area contributed by atoms with Gasteiger partial charge < -0.3 is 9.47 Å². The van der Waals surface area contributed by atoms with Gasteiger partial charge in [0.1, 0.15) is 18.1 Å². The van der Waals surface area contributed by atoms with Crippen molar-refractivity contribution in [3.8, 4) is 5.75 Å². The normalized spacial score (nSPS) is 17.3. The molecule has 0 bridgehead atoms. The Balaban J connectivity index is 1.79. The molecule has 22 heavy (non-hydrogen) atoms. The van der Waals surface area contributed by atoms with Gasteiger partial charge in [-0.2, -0.15) is 0 Å². The number of hydrogen-bond acceptors (Lipinski definition) is 5. The summed E-state index contributed by atoms with van der Waals surface area (Å²) in [5.74, 6) is 1.39. The van der Waals surface area contributed by atoms with Crippen LogP contribution in [0.4, 0.5) is 0 Å². The van der Waals surface area contributed by atoms with Gasteiger partial charge in [0.15, 0.2) is 5.78 Å². The van der Waals surface area contributed by atoms with Crippen LogP contribution in [0.3, 0.4) is 0 Å². The molecule has 0 N–H and O–H groups in total. The molecule has 118 valence electrons. The highest BCUT2D eigenvalue weighted by Gasteiger charge is 2.23. The van der Waals surface area contributed by atoms with Gasteiger partial charge in [-0.15, -0.1) is 0 Å². The third kappa shape index (κ3) is 4.91. The SMILES string of the molecule is CCCOc1ccc(CC(=O)COC2=CC(=O)SC2C)cc1. The molecule has 1 aliphatic rings. The molecule has 1 aliphatic heterocycles. The zero-order chi connectivity index (χ0) is 15.9. The van der Waals surface area contributed by atoms with Crippen molar-refractivity contribution in [1.29, 1.82) is 0 Å². The van der Waals surface area contributed by atoms with Gasteiger partial charge in [0, 0.05) is 12.5 Å². The van der Waals surface area contributed by atoms with E-state index in [-0.39, 0.29) is 22.8 Å². The van der Waals surface area contributed by atoms with E-state index >= 15 is 0 Å². The van der Waals surface area contributed by atoms with Crippen LogP contribution in [-0.4, -0.2) is 29.4 Å². The van der Waals surface area contributed by atoms with Crippen LogP contribution in [0.1, 0.15) is 25.8 Å². The van der Waals surface area contributed by atoms with Crippen molar-refractivity contribution >= 4 is 22.7 Å². The molecule has 0 aromatic heterocycles. The lowest BCUT2D eigenvalue weighted by Crippen LogP contribution is -2.13. The molecule has 5 heteroatoms. The van der Waals surface area contributed by atoms with E-state index in [9.17, 15) is 9.59 Å². The monoisotopic (exact) mass is 320 g/mol. The topological polar surface area (TPSA) is 52.6 Å². The summed E-state index contributed by atoms with van der Waals surface area (Å²) in [6.07, 6.45) is 2.74. The van der Waals surface area contributed by atoms with Gasteiger partial charge >= 0.3 is 0 Å². The van der Waals surface area contributed by atoms with Gasteiger partial charge in [-0.1, -0.05) is 30.8 Å². The smallest absolute Gasteiger partial charge is 0.216 e. The number of ketones is 1.